The van der Waals surface area contributed by atoms with Gasteiger partial charge >= 0.3 is 5.97 Å². The van der Waals surface area contributed by atoms with Crippen molar-refractivity contribution in [3.8, 4) is 0 Å². The van der Waals surface area contributed by atoms with Gasteiger partial charge in [0, 0.05) is 13.1 Å². The summed E-state index contributed by atoms with van der Waals surface area (Å²) in [6.07, 6.45) is 4.59. The molecule has 0 spiro atoms. The van der Waals surface area contributed by atoms with Gasteiger partial charge in [-0.15, -0.1) is 0 Å². The first-order chi connectivity index (χ1) is 9.00. The van der Waals surface area contributed by atoms with Crippen molar-refractivity contribution < 1.29 is 9.90 Å². The van der Waals surface area contributed by atoms with Gasteiger partial charge in [-0.25, -0.2) is 4.79 Å². The molecule has 1 aromatic rings. The zero-order chi connectivity index (χ0) is 14.0. The standard InChI is InChI=1S/C15H20ClNO2/c1-10-6-8-11(9-7-10)17(2)14-12(15(18)19)4-3-5-13(14)16/h3-5,10-11H,6-9H2,1-2H3,(H,18,19). The highest BCUT2D eigenvalue weighted by Crippen LogP contribution is 2.35. The van der Waals surface area contributed by atoms with Crippen molar-refractivity contribution >= 4 is 23.3 Å². The molecule has 0 bridgehead atoms. The summed E-state index contributed by atoms with van der Waals surface area (Å²) in [5.74, 6) is -0.150. The summed E-state index contributed by atoms with van der Waals surface area (Å²) in [5, 5.41) is 9.81. The number of hydrogen-bond acceptors (Lipinski definition) is 2. The number of rotatable bonds is 3. The fraction of sp³-hybridized carbons (Fsp3) is 0.533. The maximum atomic E-state index is 11.3. The fourth-order valence-electron chi connectivity index (χ4n) is 2.86. The fourth-order valence-corrected chi connectivity index (χ4v) is 3.17. The number of aromatic carboxylic acids is 1. The zero-order valence-corrected chi connectivity index (χ0v) is 12.2. The Kier molecular flexibility index (Phi) is 4.35. The van der Waals surface area contributed by atoms with E-state index in [1.807, 2.05) is 7.05 Å². The third-order valence-corrected chi connectivity index (χ3v) is 4.41. The molecule has 0 aromatic heterocycles. The van der Waals surface area contributed by atoms with Crippen molar-refractivity contribution in [3.05, 3.63) is 28.8 Å². The van der Waals surface area contributed by atoms with Gasteiger partial charge in [-0.3, -0.25) is 0 Å². The maximum absolute atomic E-state index is 11.3. The second-order valence-electron chi connectivity index (χ2n) is 5.47. The van der Waals surface area contributed by atoms with Gasteiger partial charge in [-0.05, 0) is 43.7 Å². The van der Waals surface area contributed by atoms with E-state index in [1.54, 1.807) is 18.2 Å². The van der Waals surface area contributed by atoms with Crippen molar-refractivity contribution in [3.63, 3.8) is 0 Å². The minimum absolute atomic E-state index is 0.286. The van der Waals surface area contributed by atoms with E-state index in [2.05, 4.69) is 11.8 Å². The van der Waals surface area contributed by atoms with Gasteiger partial charge in [0.05, 0.1) is 16.3 Å². The summed E-state index contributed by atoms with van der Waals surface area (Å²) >= 11 is 6.21. The topological polar surface area (TPSA) is 40.5 Å². The molecule has 2 rings (SSSR count). The molecule has 0 heterocycles. The summed E-state index contributed by atoms with van der Waals surface area (Å²) in [6.45, 7) is 2.27. The van der Waals surface area contributed by atoms with Gasteiger partial charge in [0.2, 0.25) is 0 Å². The Labute approximate surface area is 119 Å². The van der Waals surface area contributed by atoms with Crippen LogP contribution in [0.25, 0.3) is 0 Å². The van der Waals surface area contributed by atoms with Crippen LogP contribution in [0.3, 0.4) is 0 Å². The molecular weight excluding hydrogens is 262 g/mol. The Morgan fingerprint density at radius 2 is 1.95 bits per heavy atom. The van der Waals surface area contributed by atoms with Gasteiger partial charge in [0.15, 0.2) is 0 Å². The summed E-state index contributed by atoms with van der Waals surface area (Å²) in [7, 11) is 1.95. The number of carboxylic acid groups (broad SMARTS) is 1. The highest BCUT2D eigenvalue weighted by Gasteiger charge is 2.26. The Morgan fingerprint density at radius 1 is 1.32 bits per heavy atom. The number of anilines is 1. The summed E-state index contributed by atoms with van der Waals surface area (Å²) in [6, 6.07) is 5.44. The lowest BCUT2D eigenvalue weighted by atomic mass is 9.86. The second-order valence-corrected chi connectivity index (χ2v) is 5.87. The van der Waals surface area contributed by atoms with E-state index < -0.39 is 5.97 Å². The largest absolute Gasteiger partial charge is 0.478 e. The number of halogens is 1. The minimum atomic E-state index is -0.923. The Hall–Kier alpha value is -1.22. The normalized spacial score (nSPS) is 23.1. The molecular formula is C15H20ClNO2. The number of carbonyl (C=O) groups is 1. The average Bonchev–Trinajstić information content (AvgIpc) is 2.38. The summed E-state index contributed by atoms with van der Waals surface area (Å²) < 4.78 is 0. The highest BCUT2D eigenvalue weighted by atomic mass is 35.5. The lowest BCUT2D eigenvalue weighted by Gasteiger charge is -2.36. The molecule has 1 aromatic carbocycles. The third-order valence-electron chi connectivity index (χ3n) is 4.10. The molecule has 0 saturated heterocycles. The van der Waals surface area contributed by atoms with Crippen LogP contribution in [0.15, 0.2) is 18.2 Å². The van der Waals surface area contributed by atoms with Crippen LogP contribution in [0, 0.1) is 5.92 Å². The van der Waals surface area contributed by atoms with Crippen molar-refractivity contribution in [1.29, 1.82) is 0 Å². The van der Waals surface area contributed by atoms with Gasteiger partial charge < -0.3 is 10.0 Å². The second kappa shape index (κ2) is 5.83. The van der Waals surface area contributed by atoms with E-state index in [9.17, 15) is 9.90 Å². The summed E-state index contributed by atoms with van der Waals surface area (Å²) in [5.41, 5.74) is 0.935. The molecule has 1 fully saturated rings. The molecule has 0 unspecified atom stereocenters. The monoisotopic (exact) mass is 281 g/mol. The maximum Gasteiger partial charge on any atom is 0.337 e. The highest BCUT2D eigenvalue weighted by molar-refractivity contribution is 6.34. The Balaban J connectivity index is 2.28. The Morgan fingerprint density at radius 3 is 2.53 bits per heavy atom. The van der Waals surface area contributed by atoms with Crippen molar-refractivity contribution in [1.82, 2.24) is 0 Å². The van der Waals surface area contributed by atoms with E-state index in [-0.39, 0.29) is 5.56 Å². The van der Waals surface area contributed by atoms with E-state index in [4.69, 9.17) is 11.6 Å². The molecule has 19 heavy (non-hydrogen) atoms. The van der Waals surface area contributed by atoms with E-state index in [0.29, 0.717) is 16.8 Å². The first-order valence-corrected chi connectivity index (χ1v) is 7.13. The van der Waals surface area contributed by atoms with Crippen LogP contribution in [0.1, 0.15) is 43.0 Å². The predicted octanol–water partition coefficient (Wildman–Crippen LogP) is 4.05. The first-order valence-electron chi connectivity index (χ1n) is 6.75. The predicted molar refractivity (Wildman–Crippen MR) is 78.2 cm³/mol. The molecule has 1 saturated carbocycles. The summed E-state index contributed by atoms with van der Waals surface area (Å²) in [4.78, 5) is 13.4. The van der Waals surface area contributed by atoms with Gasteiger partial charge in [-0.1, -0.05) is 24.6 Å². The number of benzene rings is 1. The van der Waals surface area contributed by atoms with E-state index >= 15 is 0 Å². The van der Waals surface area contributed by atoms with Crippen LogP contribution >= 0.6 is 11.6 Å². The van der Waals surface area contributed by atoms with Crippen LogP contribution in [0.4, 0.5) is 5.69 Å². The average molecular weight is 282 g/mol. The first kappa shape index (κ1) is 14.2. The smallest absolute Gasteiger partial charge is 0.337 e. The van der Waals surface area contributed by atoms with Crippen molar-refractivity contribution in [2.24, 2.45) is 5.92 Å². The molecule has 104 valence electrons. The van der Waals surface area contributed by atoms with E-state index in [1.165, 1.54) is 12.8 Å². The Bertz CT molecular complexity index is 467. The lowest BCUT2D eigenvalue weighted by Crippen LogP contribution is -2.35. The van der Waals surface area contributed by atoms with E-state index in [0.717, 1.165) is 18.8 Å². The molecule has 1 aliphatic rings. The number of hydrogen-bond donors (Lipinski definition) is 1. The number of nitrogens with zero attached hydrogens (tertiary/aromatic N) is 1. The van der Waals surface area contributed by atoms with Crippen LogP contribution in [-0.4, -0.2) is 24.2 Å². The quantitative estimate of drug-likeness (QED) is 0.908. The molecule has 1 aliphatic carbocycles. The molecule has 3 nitrogen and oxygen atoms in total. The zero-order valence-electron chi connectivity index (χ0n) is 11.4. The van der Waals surface area contributed by atoms with Gasteiger partial charge in [0.25, 0.3) is 0 Å². The lowest BCUT2D eigenvalue weighted by molar-refractivity contribution is 0.0697. The van der Waals surface area contributed by atoms with Crippen LogP contribution in [0.2, 0.25) is 5.02 Å². The van der Waals surface area contributed by atoms with Crippen molar-refractivity contribution in [2.75, 3.05) is 11.9 Å². The van der Waals surface area contributed by atoms with Crippen LogP contribution < -0.4 is 4.90 Å². The number of carboxylic acids is 1. The molecule has 4 heteroatoms. The molecule has 0 radical (unpaired) electrons. The van der Waals surface area contributed by atoms with Crippen LogP contribution in [-0.2, 0) is 0 Å². The molecule has 0 atom stereocenters. The minimum Gasteiger partial charge on any atom is -0.478 e. The van der Waals surface area contributed by atoms with Gasteiger partial charge in [-0.2, -0.15) is 0 Å². The van der Waals surface area contributed by atoms with Crippen molar-refractivity contribution in [2.45, 2.75) is 38.6 Å². The molecule has 0 aliphatic heterocycles. The molecule has 0 amide bonds. The van der Waals surface area contributed by atoms with Crippen LogP contribution in [0.5, 0.6) is 0 Å². The third kappa shape index (κ3) is 3.03. The SMILES string of the molecule is CC1CCC(N(C)c2c(Cl)cccc2C(=O)O)CC1. The number of para-hydroxylation sites is 1. The molecule has 1 N–H and O–H groups in total. The van der Waals surface area contributed by atoms with Gasteiger partial charge in [0.1, 0.15) is 0 Å².